The normalized spacial score (nSPS) is 28.1. The van der Waals surface area contributed by atoms with Crippen molar-refractivity contribution in [3.05, 3.63) is 0 Å². The monoisotopic (exact) mass is 560 g/mol. The van der Waals surface area contributed by atoms with Crippen molar-refractivity contribution >= 4 is 36.5 Å². The molecule has 0 radical (unpaired) electrons. The molecule has 0 bridgehead atoms. The smallest absolute Gasteiger partial charge is 0.757 e. The zero-order chi connectivity index (χ0) is 18.4. The summed E-state index contributed by atoms with van der Waals surface area (Å²) in [5.74, 6) is -2.62. The van der Waals surface area contributed by atoms with Gasteiger partial charge in [-0.1, -0.05) is 0 Å². The van der Waals surface area contributed by atoms with Crippen molar-refractivity contribution in [3.63, 3.8) is 0 Å². The van der Waals surface area contributed by atoms with Gasteiger partial charge in [0.2, 0.25) is 0 Å². The van der Waals surface area contributed by atoms with Gasteiger partial charge in [0.05, 0.1) is 0 Å². The van der Waals surface area contributed by atoms with Gasteiger partial charge in [-0.3, -0.25) is 19.2 Å². The predicted molar refractivity (Wildman–Crippen MR) is 79.3 cm³/mol. The molecule has 9 nitrogen and oxygen atoms in total. The van der Waals surface area contributed by atoms with E-state index in [4.69, 9.17) is 36.3 Å². The van der Waals surface area contributed by atoms with Crippen LogP contribution in [-0.4, -0.2) is 60.3 Å². The Bertz CT molecular complexity index is 513. The summed E-state index contributed by atoms with van der Waals surface area (Å²) in [6.07, 6.45) is -4.47. The van der Waals surface area contributed by atoms with Crippen LogP contribution >= 0.6 is 0 Å². The Morgan fingerprint density at radius 1 is 0.800 bits per heavy atom. The van der Waals surface area contributed by atoms with Gasteiger partial charge in [0.25, 0.3) is 0 Å². The minimum absolute atomic E-state index is 0. The topological polar surface area (TPSA) is 114 Å². The molecule has 5 atom stereocenters. The number of rotatable bonds is 5. The number of hydrogen-bond acceptors (Lipinski definition) is 10. The predicted octanol–water partition coefficient (Wildman–Crippen LogP) is -0.386. The third-order valence-corrected chi connectivity index (χ3v) is 3.33. The molecule has 0 saturated carbocycles. The van der Waals surface area contributed by atoms with E-state index in [1.165, 1.54) is 6.92 Å². The van der Waals surface area contributed by atoms with Gasteiger partial charge in [0, 0.05) is 27.7 Å². The Balaban J connectivity index is 0.00000576. The Hall–Kier alpha value is -1.07. The molecule has 1 aliphatic heterocycles. The van der Waals surface area contributed by atoms with Gasteiger partial charge in [-0.25, -0.2) is 0 Å². The van der Waals surface area contributed by atoms with Gasteiger partial charge in [-0.2, -0.15) is 0 Å². The Morgan fingerprint density at radius 2 is 1.24 bits per heavy atom. The van der Waals surface area contributed by atoms with Gasteiger partial charge in [0.1, 0.15) is 18.8 Å². The summed E-state index contributed by atoms with van der Waals surface area (Å²) in [5.41, 5.74) is -1.09. The van der Waals surface area contributed by atoms with Crippen molar-refractivity contribution in [2.75, 3.05) is 6.61 Å². The fourth-order valence-electron chi connectivity index (χ4n) is 2.19. The number of carbonyl (C=O) groups excluding carboxylic acids is 4. The van der Waals surface area contributed by atoms with Crippen LogP contribution < -0.4 is 0 Å². The zero-order valence-electron chi connectivity index (χ0n) is 14.0. The second-order valence-electron chi connectivity index (χ2n) is 5.07. The summed E-state index contributed by atoms with van der Waals surface area (Å²) in [6.45, 7) is 4.36. The molecule has 1 aliphatic rings. The molecule has 0 unspecified atom stereocenters. The number of esters is 4. The average Bonchev–Trinajstić information content (AvgIpc) is 2.42. The first kappa shape index (κ1) is 23.9. The van der Waals surface area contributed by atoms with E-state index in [0.717, 1.165) is 20.8 Å². The van der Waals surface area contributed by atoms with E-state index in [9.17, 15) is 19.2 Å². The van der Waals surface area contributed by atoms with Gasteiger partial charge >= 0.3 is 46.3 Å². The summed E-state index contributed by atoms with van der Waals surface area (Å²) in [4.78, 5) is 45.0. The van der Waals surface area contributed by atoms with E-state index in [0.29, 0.717) is 0 Å². The quantitative estimate of drug-likeness (QED) is 0.191. The molecule has 1 rings (SSSR count). The Morgan fingerprint density at radius 3 is 1.68 bits per heavy atom. The van der Waals surface area contributed by atoms with E-state index in [1.54, 1.807) is 0 Å². The van der Waals surface area contributed by atoms with E-state index in [-0.39, 0.29) is 29.0 Å². The Kier molecular flexibility index (Phi) is 10.4. The number of carbonyl (C=O) groups is 4. The van der Waals surface area contributed by atoms with Crippen LogP contribution in [0.3, 0.4) is 0 Å². The second kappa shape index (κ2) is 10.8. The molecule has 0 aromatic heterocycles. The summed E-state index contributed by atoms with van der Waals surface area (Å²) >= 11 is 5.11. The molecule has 0 amide bonds. The van der Waals surface area contributed by atoms with E-state index >= 15 is 0 Å². The van der Waals surface area contributed by atoms with Crippen LogP contribution in [0.2, 0.25) is 0 Å². The first-order valence-electron chi connectivity index (χ1n) is 7.08. The molecule has 1 fully saturated rings. The maximum atomic E-state index is 11.4. The molecule has 0 aliphatic carbocycles. The van der Waals surface area contributed by atoms with Crippen LogP contribution in [0.4, 0.5) is 0 Å². The molecule has 1 heterocycles. The van der Waals surface area contributed by atoms with Crippen molar-refractivity contribution < 1.29 is 65.2 Å². The molecule has 146 valence electrons. The molecule has 0 aromatic rings. The van der Waals surface area contributed by atoms with E-state index in [2.05, 4.69) is 0 Å². The second-order valence-corrected chi connectivity index (χ2v) is 5.53. The molecule has 1 saturated heterocycles. The van der Waals surface area contributed by atoms with Crippen LogP contribution in [0, 0.1) is 0 Å². The largest absolute Gasteiger partial charge is 1.00 e. The van der Waals surface area contributed by atoms with Gasteiger partial charge in [0.15, 0.2) is 12.2 Å². The molecule has 0 aromatic carbocycles. The zero-order valence-corrected chi connectivity index (χ0v) is 17.0. The maximum absolute atomic E-state index is 11.4. The van der Waals surface area contributed by atoms with Gasteiger partial charge in [-0.05, 0) is 5.44 Å². The summed E-state index contributed by atoms with van der Waals surface area (Å²) in [5, 5.41) is 0. The van der Waals surface area contributed by atoms with Crippen molar-refractivity contribution in [3.8, 4) is 0 Å². The number of hydrogen-bond donors (Lipinski definition) is 0. The average molecular weight is 560 g/mol. The molecule has 0 spiro atoms. The standard InChI is InChI=1S/C14H20O9S.Au/c1-6(15)19-5-10-11(20-7(2)16)12(21-8(3)17)13(14(24)23-10)22-9(4)18;/h10-14,24H,5H2,1-4H3;/q;+1/p-1/t10-,11-,12+,13-,14+;/m1./s1. The van der Waals surface area contributed by atoms with Crippen molar-refractivity contribution in [2.24, 2.45) is 0 Å². The van der Waals surface area contributed by atoms with Crippen LogP contribution in [0.15, 0.2) is 0 Å². The van der Waals surface area contributed by atoms with Crippen molar-refractivity contribution in [1.29, 1.82) is 0 Å². The molecule has 25 heavy (non-hydrogen) atoms. The molecule has 0 N–H and O–H groups in total. The van der Waals surface area contributed by atoms with Crippen LogP contribution in [0.25, 0.3) is 0 Å². The third-order valence-electron chi connectivity index (χ3n) is 2.95. The van der Waals surface area contributed by atoms with Crippen LogP contribution in [-0.2, 0) is 77.9 Å². The molecule has 11 heteroatoms. The first-order chi connectivity index (χ1) is 11.1. The van der Waals surface area contributed by atoms with Crippen molar-refractivity contribution in [1.82, 2.24) is 0 Å². The van der Waals surface area contributed by atoms with Crippen molar-refractivity contribution in [2.45, 2.75) is 57.5 Å². The molecular formula is C14H19AuO9S. The van der Waals surface area contributed by atoms with Crippen LogP contribution in [0.5, 0.6) is 0 Å². The summed E-state index contributed by atoms with van der Waals surface area (Å²) in [6, 6.07) is 0. The summed E-state index contributed by atoms with van der Waals surface area (Å²) in [7, 11) is 0. The first-order valence-corrected chi connectivity index (χ1v) is 7.55. The van der Waals surface area contributed by atoms with Crippen LogP contribution in [0.1, 0.15) is 27.7 Å². The van der Waals surface area contributed by atoms with E-state index < -0.39 is 53.7 Å². The fraction of sp³-hybridized carbons (Fsp3) is 0.714. The SMILES string of the molecule is CC(=O)OC[C@H]1O[C@@H]([S-])[C@H](OC(C)=O)[C@@H](OC(C)=O)[C@@H]1OC(C)=O.[Au+]. The Labute approximate surface area is 165 Å². The third kappa shape index (κ3) is 7.78. The fourth-order valence-corrected chi connectivity index (χ4v) is 2.54. The van der Waals surface area contributed by atoms with Gasteiger partial charge < -0.3 is 36.3 Å². The van der Waals surface area contributed by atoms with Gasteiger partial charge in [-0.15, -0.1) is 0 Å². The number of ether oxygens (including phenoxy) is 5. The maximum Gasteiger partial charge on any atom is 1.00 e. The van der Waals surface area contributed by atoms with E-state index in [1.807, 2.05) is 0 Å². The molecular weight excluding hydrogens is 541 g/mol. The minimum atomic E-state index is -1.19. The minimum Gasteiger partial charge on any atom is -0.757 e. The summed E-state index contributed by atoms with van der Waals surface area (Å²) < 4.78 is 25.7.